The largest absolute Gasteiger partial charge is 0.481 e. The van der Waals surface area contributed by atoms with Crippen molar-refractivity contribution in [2.45, 2.75) is 19.3 Å². The lowest BCUT2D eigenvalue weighted by atomic mass is 9.77. The number of hydrogen-bond acceptors (Lipinski definition) is 3. The summed E-state index contributed by atoms with van der Waals surface area (Å²) in [5.41, 5.74) is 0. The summed E-state index contributed by atoms with van der Waals surface area (Å²) < 4.78 is 0. The summed E-state index contributed by atoms with van der Waals surface area (Å²) >= 11 is 0. The molecule has 3 atom stereocenters. The maximum absolute atomic E-state index is 11.1. The van der Waals surface area contributed by atoms with Crippen molar-refractivity contribution in [2.75, 3.05) is 0 Å². The fourth-order valence-corrected chi connectivity index (χ4v) is 2.09. The molecule has 17 heavy (non-hydrogen) atoms. The third kappa shape index (κ3) is 3.05. The Balaban J connectivity index is 3.13. The number of rotatable bonds is 3. The van der Waals surface area contributed by atoms with Crippen molar-refractivity contribution in [3.63, 3.8) is 0 Å². The van der Waals surface area contributed by atoms with Gasteiger partial charge in [-0.15, -0.1) is 0 Å². The lowest BCUT2D eigenvalue weighted by Crippen LogP contribution is -2.38. The van der Waals surface area contributed by atoms with E-state index in [1.807, 2.05) is 0 Å². The topological polar surface area (TPSA) is 112 Å². The third-order valence-electron chi connectivity index (χ3n) is 2.94. The maximum atomic E-state index is 11.1. The molecule has 0 heterocycles. The van der Waals surface area contributed by atoms with Crippen molar-refractivity contribution in [3.8, 4) is 0 Å². The molecule has 94 valence electrons. The van der Waals surface area contributed by atoms with Crippen LogP contribution in [0.5, 0.6) is 0 Å². The molecule has 0 aromatic carbocycles. The quantitative estimate of drug-likeness (QED) is 0.632. The first kappa shape index (κ1) is 13.2. The Kier molecular flexibility index (Phi) is 4.25. The zero-order valence-electron chi connectivity index (χ0n) is 9.07. The fourth-order valence-electron chi connectivity index (χ4n) is 2.09. The van der Waals surface area contributed by atoms with Crippen LogP contribution in [0.1, 0.15) is 19.3 Å². The molecule has 0 saturated heterocycles. The van der Waals surface area contributed by atoms with Crippen LogP contribution < -0.4 is 0 Å². The summed E-state index contributed by atoms with van der Waals surface area (Å²) in [5.74, 6) is -7.79. The molecule has 1 aliphatic rings. The highest BCUT2D eigenvalue weighted by Crippen LogP contribution is 2.30. The zero-order chi connectivity index (χ0) is 13.0. The summed E-state index contributed by atoms with van der Waals surface area (Å²) in [4.78, 5) is 33.1. The van der Waals surface area contributed by atoms with Gasteiger partial charge in [0.1, 0.15) is 0 Å². The van der Waals surface area contributed by atoms with Crippen LogP contribution in [0.4, 0.5) is 0 Å². The number of carboxylic acid groups (broad SMARTS) is 3. The molecule has 0 bridgehead atoms. The first-order valence-corrected chi connectivity index (χ1v) is 5.30. The molecule has 0 amide bonds. The second kappa shape index (κ2) is 5.47. The molecule has 6 nitrogen and oxygen atoms in total. The molecule has 0 aromatic heterocycles. The highest BCUT2D eigenvalue weighted by atomic mass is 16.4. The molecule has 3 N–H and O–H groups in total. The summed E-state index contributed by atoms with van der Waals surface area (Å²) in [5, 5.41) is 27.0. The molecule has 1 rings (SSSR count). The highest BCUT2D eigenvalue weighted by Gasteiger charge is 2.42. The van der Waals surface area contributed by atoms with Crippen LogP contribution in [-0.4, -0.2) is 33.2 Å². The summed E-state index contributed by atoms with van der Waals surface area (Å²) in [6.07, 6.45) is 4.19. The van der Waals surface area contributed by atoms with Gasteiger partial charge in [0.15, 0.2) is 0 Å². The maximum Gasteiger partial charge on any atom is 0.311 e. The minimum atomic E-state index is -1.42. The van der Waals surface area contributed by atoms with Crippen LogP contribution in [0.2, 0.25) is 0 Å². The molecule has 1 aliphatic carbocycles. The number of carboxylic acids is 3. The van der Waals surface area contributed by atoms with Crippen molar-refractivity contribution < 1.29 is 29.7 Å². The van der Waals surface area contributed by atoms with E-state index in [9.17, 15) is 14.4 Å². The highest BCUT2D eigenvalue weighted by molar-refractivity contribution is 5.86. The van der Waals surface area contributed by atoms with E-state index in [1.54, 1.807) is 6.08 Å². The number of aliphatic carboxylic acids is 3. The van der Waals surface area contributed by atoms with Gasteiger partial charge in [0, 0.05) is 0 Å². The third-order valence-corrected chi connectivity index (χ3v) is 2.94. The van der Waals surface area contributed by atoms with Gasteiger partial charge >= 0.3 is 17.9 Å². The Hall–Kier alpha value is -1.85. The van der Waals surface area contributed by atoms with Crippen molar-refractivity contribution >= 4 is 17.9 Å². The van der Waals surface area contributed by atoms with Crippen molar-refractivity contribution in [1.82, 2.24) is 0 Å². The molecule has 0 aliphatic heterocycles. The molecular weight excluding hydrogens is 228 g/mol. The normalized spacial score (nSPS) is 29.1. The second-order valence-corrected chi connectivity index (χ2v) is 4.03. The Morgan fingerprint density at radius 2 is 1.65 bits per heavy atom. The van der Waals surface area contributed by atoms with Crippen LogP contribution >= 0.6 is 0 Å². The van der Waals surface area contributed by atoms with Gasteiger partial charge in [-0.1, -0.05) is 12.2 Å². The van der Waals surface area contributed by atoms with Gasteiger partial charge in [-0.3, -0.25) is 14.4 Å². The minimum absolute atomic E-state index is 0.181. The van der Waals surface area contributed by atoms with Gasteiger partial charge in [-0.25, -0.2) is 0 Å². The van der Waals surface area contributed by atoms with Gasteiger partial charge in [0.2, 0.25) is 0 Å². The smallest absolute Gasteiger partial charge is 0.311 e. The van der Waals surface area contributed by atoms with Crippen LogP contribution in [0.3, 0.4) is 0 Å². The molecule has 3 unspecified atom stereocenters. The summed E-state index contributed by atoms with van der Waals surface area (Å²) in [7, 11) is 0. The molecular formula is C11H14O6. The lowest BCUT2D eigenvalue weighted by Gasteiger charge is -2.25. The van der Waals surface area contributed by atoms with Gasteiger partial charge in [0.25, 0.3) is 0 Å². The van der Waals surface area contributed by atoms with E-state index in [0.717, 1.165) is 0 Å². The average Bonchev–Trinajstić information content (AvgIpc) is 2.14. The second-order valence-electron chi connectivity index (χ2n) is 4.03. The molecule has 0 aromatic rings. The minimum Gasteiger partial charge on any atom is -0.481 e. The lowest BCUT2D eigenvalue weighted by molar-refractivity contribution is -0.160. The van der Waals surface area contributed by atoms with Gasteiger partial charge in [-0.2, -0.15) is 0 Å². The van der Waals surface area contributed by atoms with E-state index in [4.69, 9.17) is 15.3 Å². The summed E-state index contributed by atoms with van der Waals surface area (Å²) in [6, 6.07) is 0. The first-order chi connectivity index (χ1) is 7.95. The molecule has 0 spiro atoms. The number of carbonyl (C=O) groups is 3. The Morgan fingerprint density at radius 1 is 1.00 bits per heavy atom. The molecule has 0 saturated carbocycles. The number of allylic oxidation sites excluding steroid dienone is 1. The van der Waals surface area contributed by atoms with E-state index in [2.05, 4.69) is 0 Å². The zero-order valence-corrected chi connectivity index (χ0v) is 9.07. The summed E-state index contributed by atoms with van der Waals surface area (Å²) in [6.45, 7) is 0. The van der Waals surface area contributed by atoms with Gasteiger partial charge in [0.05, 0.1) is 17.8 Å². The molecule has 6 heteroatoms. The predicted octanol–water partition coefficient (Wildman–Crippen LogP) is 0.829. The van der Waals surface area contributed by atoms with Gasteiger partial charge < -0.3 is 15.3 Å². The monoisotopic (exact) mass is 242 g/mol. The predicted molar refractivity (Wildman–Crippen MR) is 56.4 cm³/mol. The van der Waals surface area contributed by atoms with E-state index in [-0.39, 0.29) is 6.42 Å². The van der Waals surface area contributed by atoms with Crippen LogP contribution in [0.15, 0.2) is 12.2 Å². The van der Waals surface area contributed by atoms with Crippen molar-refractivity contribution in [3.05, 3.63) is 12.2 Å². The average molecular weight is 242 g/mol. The standard InChI is InChI=1S/C11H14O6/c12-9(13)6-4-2-1-3-5-7(10(14)15)8(6)11(16)17/h2,4,6-8H,1,3,5H2,(H,12,13)(H,14,15)(H,16,17). The molecule has 0 fully saturated rings. The van der Waals surface area contributed by atoms with Crippen molar-refractivity contribution in [2.24, 2.45) is 17.8 Å². The van der Waals surface area contributed by atoms with E-state index < -0.39 is 35.7 Å². The Bertz CT molecular complexity index is 359. The SMILES string of the molecule is O=C(O)C1C=CCCCC(C(=O)O)C1C(=O)O. The van der Waals surface area contributed by atoms with E-state index in [1.165, 1.54) is 6.08 Å². The molecule has 0 radical (unpaired) electrons. The Labute approximate surface area is 97.6 Å². The van der Waals surface area contributed by atoms with Crippen molar-refractivity contribution in [1.29, 1.82) is 0 Å². The first-order valence-electron chi connectivity index (χ1n) is 5.30. The van der Waals surface area contributed by atoms with E-state index in [0.29, 0.717) is 12.8 Å². The van der Waals surface area contributed by atoms with Crippen LogP contribution in [-0.2, 0) is 14.4 Å². The van der Waals surface area contributed by atoms with Gasteiger partial charge in [-0.05, 0) is 19.3 Å². The van der Waals surface area contributed by atoms with Crippen LogP contribution in [0.25, 0.3) is 0 Å². The number of hydrogen-bond donors (Lipinski definition) is 3. The Morgan fingerprint density at radius 3 is 2.12 bits per heavy atom. The van der Waals surface area contributed by atoms with Crippen LogP contribution in [0, 0.1) is 17.8 Å². The fraction of sp³-hybridized carbons (Fsp3) is 0.545. The van der Waals surface area contributed by atoms with E-state index >= 15 is 0 Å².